The van der Waals surface area contributed by atoms with Gasteiger partial charge in [-0.15, -0.1) is 0 Å². The second-order valence-electron chi connectivity index (χ2n) is 6.39. The fourth-order valence-corrected chi connectivity index (χ4v) is 2.92. The van der Waals surface area contributed by atoms with Crippen molar-refractivity contribution in [3.63, 3.8) is 0 Å². The minimum absolute atomic E-state index is 0.141. The molecule has 29 heavy (non-hydrogen) atoms. The van der Waals surface area contributed by atoms with Crippen molar-refractivity contribution in [2.75, 3.05) is 10.6 Å². The molecule has 3 aromatic carbocycles. The first-order valence-electron chi connectivity index (χ1n) is 9.21. The Morgan fingerprint density at radius 3 is 1.90 bits per heavy atom. The molecular formula is C23H21N3O2S. The average molecular weight is 404 g/mol. The van der Waals surface area contributed by atoms with Gasteiger partial charge in [-0.1, -0.05) is 48.5 Å². The fourth-order valence-electron chi connectivity index (χ4n) is 2.68. The van der Waals surface area contributed by atoms with E-state index in [4.69, 9.17) is 12.2 Å². The molecule has 0 aromatic heterocycles. The largest absolute Gasteiger partial charge is 0.332 e. The summed E-state index contributed by atoms with van der Waals surface area (Å²) in [7, 11) is 0. The van der Waals surface area contributed by atoms with Gasteiger partial charge in [0.15, 0.2) is 5.11 Å². The number of thiocarbonyl (C=S) groups is 1. The van der Waals surface area contributed by atoms with E-state index in [2.05, 4.69) is 16.0 Å². The highest BCUT2D eigenvalue weighted by molar-refractivity contribution is 7.80. The molecule has 146 valence electrons. The Kier molecular flexibility index (Phi) is 7.08. The normalized spacial score (nSPS) is 10.1. The topological polar surface area (TPSA) is 70.2 Å². The van der Waals surface area contributed by atoms with Crippen LogP contribution in [0.5, 0.6) is 0 Å². The maximum Gasteiger partial charge on any atom is 0.255 e. The number of nitrogens with one attached hydrogen (secondary N) is 3. The van der Waals surface area contributed by atoms with Crippen LogP contribution in [0.4, 0.5) is 11.4 Å². The summed E-state index contributed by atoms with van der Waals surface area (Å²) >= 11 is 5.20. The third kappa shape index (κ3) is 6.55. The Morgan fingerprint density at radius 2 is 1.28 bits per heavy atom. The van der Waals surface area contributed by atoms with Gasteiger partial charge in [-0.25, -0.2) is 0 Å². The van der Waals surface area contributed by atoms with E-state index in [1.807, 2.05) is 48.5 Å². The maximum absolute atomic E-state index is 12.2. The van der Waals surface area contributed by atoms with Gasteiger partial charge in [0.1, 0.15) is 0 Å². The molecule has 0 radical (unpaired) electrons. The molecule has 0 fully saturated rings. The van der Waals surface area contributed by atoms with E-state index in [1.54, 1.807) is 36.4 Å². The molecule has 0 unspecified atom stereocenters. The Balaban J connectivity index is 1.45. The van der Waals surface area contributed by atoms with Gasteiger partial charge in [-0.3, -0.25) is 9.59 Å². The molecule has 3 aromatic rings. The summed E-state index contributed by atoms with van der Waals surface area (Å²) in [4.78, 5) is 24.2. The van der Waals surface area contributed by atoms with Crippen molar-refractivity contribution in [2.24, 2.45) is 0 Å². The lowest BCUT2D eigenvalue weighted by atomic mass is 10.1. The van der Waals surface area contributed by atoms with Crippen molar-refractivity contribution in [1.82, 2.24) is 5.32 Å². The number of rotatable bonds is 6. The first kappa shape index (κ1) is 20.2. The molecule has 0 spiro atoms. The van der Waals surface area contributed by atoms with Crippen LogP contribution in [0, 0.1) is 0 Å². The third-order valence-electron chi connectivity index (χ3n) is 4.17. The van der Waals surface area contributed by atoms with Gasteiger partial charge in [0.25, 0.3) is 5.91 Å². The summed E-state index contributed by atoms with van der Waals surface area (Å²) < 4.78 is 0. The Hall–Kier alpha value is -3.51. The van der Waals surface area contributed by atoms with Gasteiger partial charge in [-0.05, 0) is 60.6 Å². The molecule has 6 heteroatoms. The molecule has 0 aliphatic rings. The van der Waals surface area contributed by atoms with Crippen molar-refractivity contribution in [2.45, 2.75) is 12.8 Å². The van der Waals surface area contributed by atoms with Gasteiger partial charge in [0, 0.05) is 23.4 Å². The van der Waals surface area contributed by atoms with Crippen LogP contribution in [0.1, 0.15) is 22.3 Å². The number of amides is 2. The smallest absolute Gasteiger partial charge is 0.255 e. The molecule has 3 rings (SSSR count). The second kappa shape index (κ2) is 10.1. The zero-order chi connectivity index (χ0) is 20.5. The number of hydrogen-bond acceptors (Lipinski definition) is 3. The van der Waals surface area contributed by atoms with Crippen LogP contribution < -0.4 is 16.0 Å². The van der Waals surface area contributed by atoms with E-state index in [1.165, 1.54) is 0 Å². The number of benzene rings is 3. The van der Waals surface area contributed by atoms with Crippen molar-refractivity contribution >= 4 is 40.5 Å². The highest BCUT2D eigenvalue weighted by Gasteiger charge is 2.07. The van der Waals surface area contributed by atoms with Crippen LogP contribution in [0.2, 0.25) is 0 Å². The molecule has 0 aliphatic heterocycles. The number of anilines is 2. The third-order valence-corrected chi connectivity index (χ3v) is 4.38. The summed E-state index contributed by atoms with van der Waals surface area (Å²) in [6.45, 7) is 0. The number of carbonyl (C=O) groups excluding carboxylic acids is 2. The number of hydrogen-bond donors (Lipinski definition) is 3. The average Bonchev–Trinajstić information content (AvgIpc) is 2.75. The SMILES string of the molecule is O=C(CCc1ccccc1)NC(=S)Nc1ccc(NC(=O)c2ccccc2)cc1. The van der Waals surface area contributed by atoms with Crippen LogP contribution in [0.3, 0.4) is 0 Å². The standard InChI is InChI=1S/C23H21N3O2S/c27-21(16-11-17-7-3-1-4-8-17)26-23(29)25-20-14-12-19(13-15-20)24-22(28)18-9-5-2-6-10-18/h1-10,12-15H,11,16H2,(H,24,28)(H2,25,26,27,29). The summed E-state index contributed by atoms with van der Waals surface area (Å²) in [6.07, 6.45) is 1.02. The van der Waals surface area contributed by atoms with Crippen LogP contribution in [-0.4, -0.2) is 16.9 Å². The number of aryl methyl sites for hydroxylation is 1. The van der Waals surface area contributed by atoms with Crippen LogP contribution in [0.15, 0.2) is 84.9 Å². The minimum Gasteiger partial charge on any atom is -0.332 e. The highest BCUT2D eigenvalue weighted by atomic mass is 32.1. The summed E-state index contributed by atoms with van der Waals surface area (Å²) in [5, 5.41) is 8.72. The van der Waals surface area contributed by atoms with Gasteiger partial charge < -0.3 is 16.0 Å². The molecule has 0 heterocycles. The predicted molar refractivity (Wildman–Crippen MR) is 120 cm³/mol. The molecule has 0 saturated heterocycles. The maximum atomic E-state index is 12.2. The number of carbonyl (C=O) groups is 2. The van der Waals surface area contributed by atoms with E-state index in [-0.39, 0.29) is 16.9 Å². The Morgan fingerprint density at radius 1 is 0.724 bits per heavy atom. The predicted octanol–water partition coefficient (Wildman–Crippen LogP) is 4.38. The molecule has 2 amide bonds. The summed E-state index contributed by atoms with van der Waals surface area (Å²) in [6, 6.07) is 25.9. The minimum atomic E-state index is -0.174. The lowest BCUT2D eigenvalue weighted by Gasteiger charge is -2.11. The molecule has 0 saturated carbocycles. The zero-order valence-electron chi connectivity index (χ0n) is 15.7. The van der Waals surface area contributed by atoms with Gasteiger partial charge in [0.05, 0.1) is 0 Å². The first-order valence-corrected chi connectivity index (χ1v) is 9.62. The molecule has 0 atom stereocenters. The van der Waals surface area contributed by atoms with E-state index < -0.39 is 0 Å². The van der Waals surface area contributed by atoms with Gasteiger partial charge in [-0.2, -0.15) is 0 Å². The molecule has 0 bridgehead atoms. The zero-order valence-corrected chi connectivity index (χ0v) is 16.5. The lowest BCUT2D eigenvalue weighted by Crippen LogP contribution is -2.34. The monoisotopic (exact) mass is 403 g/mol. The summed E-state index contributed by atoms with van der Waals surface area (Å²) in [5.41, 5.74) is 3.09. The fraction of sp³-hybridized carbons (Fsp3) is 0.0870. The van der Waals surface area contributed by atoms with Gasteiger partial charge in [0.2, 0.25) is 5.91 Å². The molecule has 5 nitrogen and oxygen atoms in total. The van der Waals surface area contributed by atoms with Crippen molar-refractivity contribution in [1.29, 1.82) is 0 Å². The van der Waals surface area contributed by atoms with Crippen LogP contribution in [0.25, 0.3) is 0 Å². The van der Waals surface area contributed by atoms with Crippen molar-refractivity contribution in [3.05, 3.63) is 96.1 Å². The van der Waals surface area contributed by atoms with E-state index in [9.17, 15) is 9.59 Å². The van der Waals surface area contributed by atoms with Gasteiger partial charge >= 0.3 is 0 Å². The molecular weight excluding hydrogens is 382 g/mol. The van der Waals surface area contributed by atoms with E-state index in [0.717, 1.165) is 11.3 Å². The van der Waals surface area contributed by atoms with Crippen LogP contribution in [-0.2, 0) is 11.2 Å². The van der Waals surface area contributed by atoms with E-state index >= 15 is 0 Å². The highest BCUT2D eigenvalue weighted by Crippen LogP contribution is 2.15. The first-order chi connectivity index (χ1) is 14.1. The lowest BCUT2D eigenvalue weighted by molar-refractivity contribution is -0.119. The quantitative estimate of drug-likeness (QED) is 0.534. The Bertz CT molecular complexity index is 974. The molecule has 3 N–H and O–H groups in total. The van der Waals surface area contributed by atoms with Crippen molar-refractivity contribution < 1.29 is 9.59 Å². The van der Waals surface area contributed by atoms with Crippen molar-refractivity contribution in [3.8, 4) is 0 Å². The van der Waals surface area contributed by atoms with E-state index in [0.29, 0.717) is 24.1 Å². The summed E-state index contributed by atoms with van der Waals surface area (Å²) in [5.74, 6) is -0.314. The van der Waals surface area contributed by atoms with Crippen LogP contribution >= 0.6 is 12.2 Å². The molecule has 0 aliphatic carbocycles. The second-order valence-corrected chi connectivity index (χ2v) is 6.79. The Labute approximate surface area is 175 Å².